The van der Waals surface area contributed by atoms with Crippen molar-refractivity contribution in [1.82, 2.24) is 19.9 Å². The lowest BCUT2D eigenvalue weighted by atomic mass is 9.93. The summed E-state index contributed by atoms with van der Waals surface area (Å²) < 4.78 is 98.2. The lowest BCUT2D eigenvalue weighted by molar-refractivity contribution is 0.0512. The van der Waals surface area contributed by atoms with E-state index in [9.17, 15) is 13.2 Å². The molecule has 3 aliphatic heterocycles. The Bertz CT molecular complexity index is 1930. The van der Waals surface area contributed by atoms with E-state index in [1.807, 2.05) is 0 Å². The summed E-state index contributed by atoms with van der Waals surface area (Å²) in [5.74, 6) is -1.03. The summed E-state index contributed by atoms with van der Waals surface area (Å²) in [7, 11) is 1.47. The summed E-state index contributed by atoms with van der Waals surface area (Å²) in [6, 6.07) is 5.49. The highest BCUT2D eigenvalue weighted by atomic mass is 19.3. The van der Waals surface area contributed by atoms with Gasteiger partial charge in [0.25, 0.3) is 6.43 Å². The van der Waals surface area contributed by atoms with E-state index >= 15 is 8.78 Å². The number of pyridine rings is 1. The Balaban J connectivity index is 1.33. The number of aromatic nitrogens is 3. The van der Waals surface area contributed by atoms with Gasteiger partial charge >= 0.3 is 6.01 Å². The van der Waals surface area contributed by atoms with E-state index in [1.165, 1.54) is 18.1 Å². The van der Waals surface area contributed by atoms with Crippen molar-refractivity contribution in [2.75, 3.05) is 51.7 Å². The Labute approximate surface area is 279 Å². The molecule has 1 aliphatic carbocycles. The van der Waals surface area contributed by atoms with Gasteiger partial charge in [-0.25, -0.2) is 26.9 Å². The molecule has 260 valence electrons. The predicted octanol–water partition coefficient (Wildman–Crippen LogP) is 6.79. The van der Waals surface area contributed by atoms with Crippen molar-refractivity contribution in [2.24, 2.45) is 0 Å². The average Bonchev–Trinajstić information content (AvgIpc) is 3.79. The first-order chi connectivity index (χ1) is 23.7. The molecule has 0 unspecified atom stereocenters. The average molecular weight is 686 g/mol. The second-order valence-electron chi connectivity index (χ2n) is 13.6. The number of fused-ring (bicyclic) bond motifs is 2. The van der Waals surface area contributed by atoms with E-state index in [-0.39, 0.29) is 72.2 Å². The molecule has 14 heteroatoms. The maximum atomic E-state index is 17.2. The van der Waals surface area contributed by atoms with Crippen molar-refractivity contribution in [3.8, 4) is 28.9 Å². The molecule has 1 saturated carbocycles. The minimum atomic E-state index is -2.74. The largest absolute Gasteiger partial charge is 0.475 e. The Morgan fingerprint density at radius 2 is 1.92 bits per heavy atom. The molecule has 3 fully saturated rings. The molecule has 2 saturated heterocycles. The second kappa shape index (κ2) is 12.4. The standard InChI is InChI=1S/C35H36F5N5O4/c1-18-15-47-33-28-31(42-34(43-32(28)45(18)14-25(38)39)48-16-35-8-3-9-44(35)13-21(36)12-35)29(40)30(41-33)23-11-22(49-17-46-2)10-20-6-7-24(37)27(26(20)23)19-4-5-19/h6-7,10-11,18-19,21,25H,3-5,8-9,12-17H2,1-2H3/t18-,21+,35-/m0/s1. The van der Waals surface area contributed by atoms with Crippen LogP contribution >= 0.6 is 0 Å². The van der Waals surface area contributed by atoms with Crippen molar-refractivity contribution in [1.29, 1.82) is 0 Å². The van der Waals surface area contributed by atoms with E-state index < -0.39 is 42.4 Å². The molecule has 2 aromatic carbocycles. The minimum Gasteiger partial charge on any atom is -0.475 e. The highest BCUT2D eigenvalue weighted by Crippen LogP contribution is 2.49. The topological polar surface area (TPSA) is 82.1 Å². The maximum Gasteiger partial charge on any atom is 0.319 e. The Morgan fingerprint density at radius 1 is 1.08 bits per heavy atom. The van der Waals surface area contributed by atoms with Crippen LogP contribution in [0.5, 0.6) is 17.6 Å². The number of hydrogen-bond donors (Lipinski definition) is 0. The molecule has 4 aliphatic rings. The molecule has 5 heterocycles. The zero-order valence-electron chi connectivity index (χ0n) is 27.2. The van der Waals surface area contributed by atoms with E-state index in [2.05, 4.69) is 19.9 Å². The summed E-state index contributed by atoms with van der Waals surface area (Å²) in [5.41, 5.74) is -0.252. The van der Waals surface area contributed by atoms with Crippen LogP contribution in [0.3, 0.4) is 0 Å². The first-order valence-electron chi connectivity index (χ1n) is 16.6. The van der Waals surface area contributed by atoms with E-state index in [0.717, 1.165) is 32.2 Å². The quantitative estimate of drug-likeness (QED) is 0.132. The molecule has 0 N–H and O–H groups in total. The third-order valence-corrected chi connectivity index (χ3v) is 10.2. The van der Waals surface area contributed by atoms with Crippen molar-refractivity contribution < 1.29 is 40.9 Å². The molecular weight excluding hydrogens is 649 g/mol. The summed E-state index contributed by atoms with van der Waals surface area (Å²) in [5, 5.41) is 1.13. The van der Waals surface area contributed by atoms with Crippen LogP contribution in [-0.2, 0) is 4.74 Å². The van der Waals surface area contributed by atoms with Gasteiger partial charge < -0.3 is 23.8 Å². The normalized spacial score (nSPS) is 23.7. The molecule has 9 nitrogen and oxygen atoms in total. The van der Waals surface area contributed by atoms with E-state index in [4.69, 9.17) is 18.9 Å². The van der Waals surface area contributed by atoms with Crippen LogP contribution in [0.15, 0.2) is 24.3 Å². The SMILES string of the molecule is COCOc1cc(-c2nc3c4c(nc(OC[C@@]56CCCN5C[C@H](F)C6)nc4c2F)N(CC(F)F)[C@@H](C)CO3)c2c(C3CC3)c(F)ccc2c1. The Morgan fingerprint density at radius 3 is 2.69 bits per heavy atom. The Kier molecular flexibility index (Phi) is 8.13. The fraction of sp³-hybridized carbons (Fsp3) is 0.514. The molecule has 4 aromatic rings. The summed E-state index contributed by atoms with van der Waals surface area (Å²) >= 11 is 0. The first-order valence-corrected chi connectivity index (χ1v) is 16.6. The van der Waals surface area contributed by atoms with Gasteiger partial charge in [-0.15, -0.1) is 0 Å². The lowest BCUT2D eigenvalue weighted by Crippen LogP contribution is -2.43. The van der Waals surface area contributed by atoms with Gasteiger partial charge in [-0.3, -0.25) is 4.90 Å². The van der Waals surface area contributed by atoms with Gasteiger partial charge in [0.05, 0.1) is 18.1 Å². The smallest absolute Gasteiger partial charge is 0.319 e. The number of halogens is 5. The van der Waals surface area contributed by atoms with E-state index in [1.54, 1.807) is 25.1 Å². The van der Waals surface area contributed by atoms with Gasteiger partial charge in [-0.1, -0.05) is 6.07 Å². The van der Waals surface area contributed by atoms with Crippen LogP contribution in [0.25, 0.3) is 32.9 Å². The summed E-state index contributed by atoms with van der Waals surface area (Å²) in [6.07, 6.45) is -0.267. The number of methoxy groups -OCH3 is 1. The number of nitrogens with zero attached hydrogens (tertiary/aromatic N) is 5. The van der Waals surface area contributed by atoms with Crippen molar-refractivity contribution in [2.45, 2.75) is 69.1 Å². The number of benzene rings is 2. The fourth-order valence-electron chi connectivity index (χ4n) is 7.83. The predicted molar refractivity (Wildman–Crippen MR) is 172 cm³/mol. The van der Waals surface area contributed by atoms with Gasteiger partial charge in [0.15, 0.2) is 12.6 Å². The lowest BCUT2D eigenvalue weighted by Gasteiger charge is -2.31. The third kappa shape index (κ3) is 5.66. The molecule has 0 amide bonds. The molecular formula is C35H36F5N5O4. The maximum absolute atomic E-state index is 17.2. The highest BCUT2D eigenvalue weighted by molar-refractivity contribution is 6.03. The first kappa shape index (κ1) is 32.2. The van der Waals surface area contributed by atoms with Gasteiger partial charge in [-0.2, -0.15) is 9.97 Å². The molecule has 8 rings (SSSR count). The van der Waals surface area contributed by atoms with Crippen LogP contribution in [0.2, 0.25) is 0 Å². The third-order valence-electron chi connectivity index (χ3n) is 10.2. The zero-order valence-corrected chi connectivity index (χ0v) is 27.2. The fourth-order valence-corrected chi connectivity index (χ4v) is 7.83. The second-order valence-corrected chi connectivity index (χ2v) is 13.6. The molecule has 0 spiro atoms. The summed E-state index contributed by atoms with van der Waals surface area (Å²) in [6.45, 7) is 1.96. The number of ether oxygens (including phenoxy) is 4. The van der Waals surface area contributed by atoms with Crippen LogP contribution in [0.1, 0.15) is 50.5 Å². The molecule has 49 heavy (non-hydrogen) atoms. The van der Waals surface area contributed by atoms with Crippen LogP contribution < -0.4 is 19.1 Å². The minimum absolute atomic E-state index is 0.000526. The number of anilines is 1. The van der Waals surface area contributed by atoms with E-state index in [0.29, 0.717) is 28.6 Å². The number of hydrogen-bond acceptors (Lipinski definition) is 9. The zero-order chi connectivity index (χ0) is 34.0. The van der Waals surface area contributed by atoms with Gasteiger partial charge in [-0.05, 0) is 79.6 Å². The highest BCUT2D eigenvalue weighted by Gasteiger charge is 2.49. The number of rotatable bonds is 10. The molecule has 3 atom stereocenters. The Hall–Kier alpha value is -4.04. The van der Waals surface area contributed by atoms with Gasteiger partial charge in [0.2, 0.25) is 5.88 Å². The van der Waals surface area contributed by atoms with Crippen molar-refractivity contribution >= 4 is 27.5 Å². The molecule has 2 aromatic heterocycles. The number of alkyl halides is 3. The monoisotopic (exact) mass is 685 g/mol. The summed E-state index contributed by atoms with van der Waals surface area (Å²) in [4.78, 5) is 17.1. The van der Waals surface area contributed by atoms with Crippen molar-refractivity contribution in [3.05, 3.63) is 41.5 Å². The molecule has 0 bridgehead atoms. The van der Waals surface area contributed by atoms with Gasteiger partial charge in [0.1, 0.15) is 53.4 Å². The van der Waals surface area contributed by atoms with Crippen LogP contribution in [0.4, 0.5) is 27.8 Å². The van der Waals surface area contributed by atoms with Gasteiger partial charge in [0, 0.05) is 25.6 Å². The van der Waals surface area contributed by atoms with Crippen molar-refractivity contribution in [3.63, 3.8) is 0 Å². The van der Waals surface area contributed by atoms with Crippen LogP contribution in [0, 0.1) is 11.6 Å². The van der Waals surface area contributed by atoms with Crippen LogP contribution in [-0.4, -0.2) is 90.8 Å². The molecule has 0 radical (unpaired) electrons.